The molecule has 0 amide bonds. The molecule has 0 spiro atoms. The van der Waals surface area contributed by atoms with Crippen LogP contribution in [0.2, 0.25) is 0 Å². The predicted molar refractivity (Wildman–Crippen MR) is 56.6 cm³/mol. The Balaban J connectivity index is 3.39. The van der Waals surface area contributed by atoms with Crippen molar-refractivity contribution in [2.24, 2.45) is 7.05 Å². The lowest BCUT2D eigenvalue weighted by Gasteiger charge is -2.15. The van der Waals surface area contributed by atoms with Gasteiger partial charge in [-0.05, 0) is 15.9 Å². The highest BCUT2D eigenvalue weighted by Crippen LogP contribution is 2.30. The third-order valence-corrected chi connectivity index (χ3v) is 2.65. The highest BCUT2D eigenvalue weighted by Gasteiger charge is 2.27. The van der Waals surface area contributed by atoms with Gasteiger partial charge in [0.1, 0.15) is 0 Å². The highest BCUT2D eigenvalue weighted by atomic mass is 79.9. The first kappa shape index (κ1) is 11.2. The van der Waals surface area contributed by atoms with Crippen LogP contribution in [0.25, 0.3) is 0 Å². The number of nitrogens with zero attached hydrogens (tertiary/aromatic N) is 2. The van der Waals surface area contributed by atoms with Crippen molar-refractivity contribution in [2.75, 3.05) is 0 Å². The fourth-order valence-corrected chi connectivity index (χ4v) is 2.31. The maximum absolute atomic E-state index is 10.9. The zero-order valence-corrected chi connectivity index (χ0v) is 10.2. The topological polar surface area (TPSA) is 55.1 Å². The molecule has 1 rings (SSSR count). The smallest absolute Gasteiger partial charge is 0.355 e. The van der Waals surface area contributed by atoms with Crippen molar-refractivity contribution in [1.82, 2.24) is 9.78 Å². The van der Waals surface area contributed by atoms with Gasteiger partial charge < -0.3 is 5.11 Å². The summed E-state index contributed by atoms with van der Waals surface area (Å²) in [6, 6.07) is 0. The molecule has 0 atom stereocenters. The first-order valence-electron chi connectivity index (χ1n) is 4.21. The molecule has 0 saturated carbocycles. The molecule has 1 heterocycles. The molecule has 78 valence electrons. The molecule has 4 nitrogen and oxygen atoms in total. The lowest BCUT2D eigenvalue weighted by atomic mass is 9.92. The van der Waals surface area contributed by atoms with Crippen LogP contribution < -0.4 is 0 Å². The first-order valence-corrected chi connectivity index (χ1v) is 5.00. The minimum absolute atomic E-state index is 0.162. The van der Waals surface area contributed by atoms with Gasteiger partial charge in [-0.25, -0.2) is 4.79 Å². The molecule has 14 heavy (non-hydrogen) atoms. The molecular formula is C9H13BrN2O2. The summed E-state index contributed by atoms with van der Waals surface area (Å²) in [6.07, 6.45) is 0. The number of hydrogen-bond donors (Lipinski definition) is 1. The maximum atomic E-state index is 10.9. The van der Waals surface area contributed by atoms with Crippen molar-refractivity contribution in [3.63, 3.8) is 0 Å². The Labute approximate surface area is 91.1 Å². The summed E-state index contributed by atoms with van der Waals surface area (Å²) in [5, 5.41) is 13.1. The summed E-state index contributed by atoms with van der Waals surface area (Å²) in [4.78, 5) is 10.9. The Kier molecular flexibility index (Phi) is 2.71. The van der Waals surface area contributed by atoms with Crippen molar-refractivity contribution in [3.8, 4) is 0 Å². The van der Waals surface area contributed by atoms with E-state index < -0.39 is 5.97 Å². The molecule has 1 N–H and O–H groups in total. The quantitative estimate of drug-likeness (QED) is 0.842. The van der Waals surface area contributed by atoms with E-state index in [2.05, 4.69) is 21.0 Å². The fraction of sp³-hybridized carbons (Fsp3) is 0.556. The van der Waals surface area contributed by atoms with Crippen LogP contribution in [0.15, 0.2) is 4.47 Å². The molecule has 0 saturated heterocycles. The summed E-state index contributed by atoms with van der Waals surface area (Å²) in [6.45, 7) is 5.98. The third kappa shape index (κ3) is 1.82. The highest BCUT2D eigenvalue weighted by molar-refractivity contribution is 9.10. The van der Waals surface area contributed by atoms with Gasteiger partial charge in [0.15, 0.2) is 5.69 Å². The molecule has 5 heteroatoms. The number of aromatic nitrogens is 2. The lowest BCUT2D eigenvalue weighted by Crippen LogP contribution is -2.13. The number of carboxylic acid groups (broad SMARTS) is 1. The van der Waals surface area contributed by atoms with E-state index in [9.17, 15) is 4.79 Å². The monoisotopic (exact) mass is 260 g/mol. The zero-order valence-electron chi connectivity index (χ0n) is 8.63. The molecule has 0 aliphatic carbocycles. The van der Waals surface area contributed by atoms with Crippen LogP contribution in [0.4, 0.5) is 0 Å². The summed E-state index contributed by atoms with van der Waals surface area (Å²) < 4.78 is 1.95. The Morgan fingerprint density at radius 1 is 1.50 bits per heavy atom. The van der Waals surface area contributed by atoms with E-state index in [1.54, 1.807) is 7.05 Å². The van der Waals surface area contributed by atoms with Gasteiger partial charge in [0.25, 0.3) is 0 Å². The normalized spacial score (nSPS) is 11.8. The van der Waals surface area contributed by atoms with Gasteiger partial charge in [-0.3, -0.25) is 4.68 Å². The number of halogens is 1. The number of aromatic carboxylic acids is 1. The summed E-state index contributed by atoms with van der Waals surface area (Å²) in [7, 11) is 1.63. The minimum atomic E-state index is -0.970. The number of rotatable bonds is 1. The zero-order chi connectivity index (χ0) is 11.1. The molecule has 0 aliphatic rings. The Hall–Kier alpha value is -0.840. The van der Waals surface area contributed by atoms with Gasteiger partial charge in [-0.1, -0.05) is 20.8 Å². The molecule has 0 unspecified atom stereocenters. The van der Waals surface area contributed by atoms with E-state index in [0.29, 0.717) is 4.47 Å². The van der Waals surface area contributed by atoms with Crippen LogP contribution in [-0.2, 0) is 12.5 Å². The third-order valence-electron chi connectivity index (χ3n) is 1.90. The largest absolute Gasteiger partial charge is 0.476 e. The standard InChI is InChI=1S/C9H13BrN2O2/c1-9(2,3)7-5(10)6(8(13)14)12(4)11-7/h1-4H3,(H,13,14). The van der Waals surface area contributed by atoms with Crippen LogP contribution in [-0.4, -0.2) is 20.9 Å². The van der Waals surface area contributed by atoms with E-state index in [4.69, 9.17) is 5.11 Å². The van der Waals surface area contributed by atoms with Crippen molar-refractivity contribution < 1.29 is 9.90 Å². The van der Waals surface area contributed by atoms with Gasteiger partial charge in [0, 0.05) is 12.5 Å². The molecule has 0 aliphatic heterocycles. The van der Waals surface area contributed by atoms with Crippen LogP contribution >= 0.6 is 15.9 Å². The number of aryl methyl sites for hydroxylation is 1. The minimum Gasteiger partial charge on any atom is -0.476 e. The van der Waals surface area contributed by atoms with Gasteiger partial charge in [-0.15, -0.1) is 0 Å². The van der Waals surface area contributed by atoms with Crippen molar-refractivity contribution in [3.05, 3.63) is 15.9 Å². The summed E-state index contributed by atoms with van der Waals surface area (Å²) in [5.41, 5.74) is 0.789. The molecule has 0 aromatic carbocycles. The Bertz CT molecular complexity index is 377. The second-order valence-corrected chi connectivity index (χ2v) is 4.98. The lowest BCUT2D eigenvalue weighted by molar-refractivity contribution is 0.0684. The molecule has 0 bridgehead atoms. The molecule has 0 radical (unpaired) electrons. The molecule has 0 fully saturated rings. The van der Waals surface area contributed by atoms with Gasteiger partial charge >= 0.3 is 5.97 Å². The van der Waals surface area contributed by atoms with Crippen molar-refractivity contribution in [1.29, 1.82) is 0 Å². The van der Waals surface area contributed by atoms with Gasteiger partial charge in [0.05, 0.1) is 10.2 Å². The maximum Gasteiger partial charge on any atom is 0.355 e. The summed E-state index contributed by atoms with van der Waals surface area (Å²) >= 11 is 3.27. The van der Waals surface area contributed by atoms with Crippen LogP contribution in [0.5, 0.6) is 0 Å². The van der Waals surface area contributed by atoms with Crippen LogP contribution in [0.1, 0.15) is 37.0 Å². The fourth-order valence-electron chi connectivity index (χ4n) is 1.21. The SMILES string of the molecule is Cn1nc(C(C)(C)C)c(Br)c1C(=O)O. The Morgan fingerprint density at radius 2 is 2.00 bits per heavy atom. The number of carbonyl (C=O) groups is 1. The van der Waals surface area contributed by atoms with E-state index in [1.165, 1.54) is 4.68 Å². The number of hydrogen-bond acceptors (Lipinski definition) is 2. The molecule has 1 aromatic heterocycles. The second kappa shape index (κ2) is 3.38. The molecule has 1 aromatic rings. The van der Waals surface area contributed by atoms with E-state index >= 15 is 0 Å². The molecular weight excluding hydrogens is 248 g/mol. The van der Waals surface area contributed by atoms with Gasteiger partial charge in [-0.2, -0.15) is 5.10 Å². The van der Waals surface area contributed by atoms with Crippen molar-refractivity contribution in [2.45, 2.75) is 26.2 Å². The van der Waals surface area contributed by atoms with Crippen molar-refractivity contribution >= 4 is 21.9 Å². The number of carboxylic acids is 1. The predicted octanol–water partition coefficient (Wildman–Crippen LogP) is 2.18. The Morgan fingerprint density at radius 3 is 2.21 bits per heavy atom. The van der Waals surface area contributed by atoms with E-state index in [0.717, 1.165) is 5.69 Å². The average Bonchev–Trinajstić information content (AvgIpc) is 2.24. The second-order valence-electron chi connectivity index (χ2n) is 4.19. The van der Waals surface area contributed by atoms with E-state index in [1.807, 2.05) is 20.8 Å². The average molecular weight is 261 g/mol. The van der Waals surface area contributed by atoms with E-state index in [-0.39, 0.29) is 11.1 Å². The van der Waals surface area contributed by atoms with Crippen LogP contribution in [0.3, 0.4) is 0 Å². The summed E-state index contributed by atoms with van der Waals surface area (Å²) in [5.74, 6) is -0.970. The first-order chi connectivity index (χ1) is 6.25. The van der Waals surface area contributed by atoms with Gasteiger partial charge in [0.2, 0.25) is 0 Å². The van der Waals surface area contributed by atoms with Crippen LogP contribution in [0, 0.1) is 0 Å².